The summed E-state index contributed by atoms with van der Waals surface area (Å²) in [6.07, 6.45) is 18.3. The molecule has 2 heterocycles. The van der Waals surface area contributed by atoms with E-state index in [1.54, 1.807) is 0 Å². The predicted molar refractivity (Wildman–Crippen MR) is 196 cm³/mol. The molecule has 3 nitrogen and oxygen atoms in total. The van der Waals surface area contributed by atoms with Crippen molar-refractivity contribution in [3.63, 3.8) is 0 Å². The Labute approximate surface area is 280 Å². The van der Waals surface area contributed by atoms with E-state index in [1.165, 1.54) is 16.7 Å². The van der Waals surface area contributed by atoms with Crippen LogP contribution in [0.15, 0.2) is 162 Å². The summed E-state index contributed by atoms with van der Waals surface area (Å²) in [5.41, 5.74) is 9.54. The lowest BCUT2D eigenvalue weighted by Crippen LogP contribution is -2.59. The number of fused-ring (bicyclic) bond motifs is 12. The average Bonchev–Trinajstić information content (AvgIpc) is 3.62. The Balaban J connectivity index is 1.07. The zero-order valence-corrected chi connectivity index (χ0v) is 27.0. The number of allylic oxidation sites excluding steroid dienone is 6. The normalized spacial score (nSPS) is 27.5. The molecule has 232 valence electrons. The van der Waals surface area contributed by atoms with Gasteiger partial charge < -0.3 is 14.5 Å². The summed E-state index contributed by atoms with van der Waals surface area (Å²) in [7, 11) is 0. The summed E-state index contributed by atoms with van der Waals surface area (Å²) in [6, 6.07) is 39.1. The van der Waals surface area contributed by atoms with Gasteiger partial charge in [-0.2, -0.15) is 0 Å². The number of hydrogen-bond donors (Lipinski definition) is 1. The van der Waals surface area contributed by atoms with E-state index in [1.807, 2.05) is 24.3 Å². The predicted octanol–water partition coefficient (Wildman–Crippen LogP) is 11.2. The van der Waals surface area contributed by atoms with Crippen molar-refractivity contribution in [3.8, 4) is 16.9 Å². The molecular weight excluding hydrogens is 587 g/mol. The number of ether oxygens (including phenoxy) is 1. The second kappa shape index (κ2) is 9.74. The molecule has 5 aromatic carbocycles. The van der Waals surface area contributed by atoms with Gasteiger partial charge in [-0.05, 0) is 64.7 Å². The molecule has 0 bridgehead atoms. The largest absolute Gasteiger partial charge is 0.485 e. The van der Waals surface area contributed by atoms with E-state index >= 15 is 0 Å². The summed E-state index contributed by atoms with van der Waals surface area (Å²) >= 11 is 0. The number of anilines is 2. The molecule has 6 aromatic rings. The van der Waals surface area contributed by atoms with E-state index in [2.05, 4.69) is 153 Å². The monoisotopic (exact) mass is 621 g/mol. The zero-order chi connectivity index (χ0) is 32.1. The van der Waals surface area contributed by atoms with Crippen LogP contribution in [-0.4, -0.2) is 6.10 Å². The first-order chi connectivity index (χ1) is 23.5. The first-order valence-corrected chi connectivity index (χ1v) is 16.9. The first-order valence-electron chi connectivity index (χ1n) is 16.9. The SMILES string of the molecule is CC12C=CC=CC1C1(c3ccc(-c4ccc(Nc5cccc6oc7ccccc7c56)cc4)cc3OC3C=CC=CC31C)c1ccccc12. The molecule has 10 rings (SSSR count). The van der Waals surface area contributed by atoms with Crippen molar-refractivity contribution in [2.75, 3.05) is 5.32 Å². The molecule has 0 radical (unpaired) electrons. The second-order valence-corrected chi connectivity index (χ2v) is 14.1. The highest BCUT2D eigenvalue weighted by molar-refractivity contribution is 6.12. The van der Waals surface area contributed by atoms with Gasteiger partial charge in [-0.15, -0.1) is 0 Å². The van der Waals surface area contributed by atoms with Crippen molar-refractivity contribution in [3.05, 3.63) is 174 Å². The van der Waals surface area contributed by atoms with Gasteiger partial charge in [0.05, 0.1) is 11.1 Å². The van der Waals surface area contributed by atoms with Crippen LogP contribution in [0.1, 0.15) is 30.5 Å². The van der Waals surface area contributed by atoms with Gasteiger partial charge in [0.25, 0.3) is 0 Å². The number of hydrogen-bond acceptors (Lipinski definition) is 3. The van der Waals surface area contributed by atoms with Crippen LogP contribution in [0.4, 0.5) is 11.4 Å². The molecule has 48 heavy (non-hydrogen) atoms. The van der Waals surface area contributed by atoms with Gasteiger partial charge in [0.1, 0.15) is 23.0 Å². The highest BCUT2D eigenvalue weighted by atomic mass is 16.5. The average molecular weight is 622 g/mol. The van der Waals surface area contributed by atoms with Crippen LogP contribution >= 0.6 is 0 Å². The molecule has 1 aliphatic heterocycles. The van der Waals surface area contributed by atoms with E-state index in [4.69, 9.17) is 9.15 Å². The molecule has 0 saturated heterocycles. The van der Waals surface area contributed by atoms with E-state index in [9.17, 15) is 0 Å². The van der Waals surface area contributed by atoms with Crippen molar-refractivity contribution in [1.82, 2.24) is 0 Å². The minimum atomic E-state index is -0.302. The van der Waals surface area contributed by atoms with E-state index in [0.717, 1.165) is 50.2 Å². The van der Waals surface area contributed by atoms with Gasteiger partial charge in [-0.1, -0.05) is 129 Å². The first kappa shape index (κ1) is 27.6. The smallest absolute Gasteiger partial charge is 0.137 e. The second-order valence-electron chi connectivity index (χ2n) is 14.1. The van der Waals surface area contributed by atoms with Crippen LogP contribution in [0.3, 0.4) is 0 Å². The van der Waals surface area contributed by atoms with Crippen LogP contribution in [-0.2, 0) is 10.8 Å². The number of rotatable bonds is 3. The molecule has 1 aromatic heterocycles. The van der Waals surface area contributed by atoms with Gasteiger partial charge in [-0.25, -0.2) is 0 Å². The fraction of sp³-hybridized carbons (Fsp3) is 0.156. The van der Waals surface area contributed by atoms with Gasteiger partial charge in [0.15, 0.2) is 0 Å². The summed E-state index contributed by atoms with van der Waals surface area (Å²) in [5.74, 6) is 1.21. The maximum atomic E-state index is 6.99. The molecule has 3 heteroatoms. The van der Waals surface area contributed by atoms with Crippen molar-refractivity contribution in [2.45, 2.75) is 30.8 Å². The third-order valence-electron chi connectivity index (χ3n) is 11.7. The van der Waals surface area contributed by atoms with Crippen LogP contribution in [0.5, 0.6) is 5.75 Å². The summed E-state index contributed by atoms with van der Waals surface area (Å²) < 4.78 is 13.1. The molecule has 1 spiro atoms. The molecular formula is C45H35NO2. The standard InChI is InChI=1S/C45H35NO2/c1-43-26-9-7-18-40(43)45(34-14-5-4-13-33(34)43)35-25-22-30(28-39(35)48-41-19-8-10-27-44(41,45)2)29-20-23-31(24-21-29)46-36-15-11-17-38-42(36)32-12-3-6-16-37(32)47-38/h3-28,40-41,46H,1-2H3. The molecule has 3 aliphatic carbocycles. The lowest BCUT2D eigenvalue weighted by Gasteiger charge is -2.57. The van der Waals surface area contributed by atoms with Crippen LogP contribution < -0.4 is 10.1 Å². The fourth-order valence-electron chi connectivity index (χ4n) is 9.55. The molecule has 1 N–H and O–H groups in total. The highest BCUT2D eigenvalue weighted by Gasteiger charge is 2.68. The van der Waals surface area contributed by atoms with Gasteiger partial charge in [0, 0.05) is 38.8 Å². The van der Waals surface area contributed by atoms with Gasteiger partial charge in [-0.3, -0.25) is 0 Å². The van der Waals surface area contributed by atoms with Crippen molar-refractivity contribution in [1.29, 1.82) is 0 Å². The van der Waals surface area contributed by atoms with Gasteiger partial charge >= 0.3 is 0 Å². The number of nitrogens with one attached hydrogen (secondary N) is 1. The van der Waals surface area contributed by atoms with E-state index < -0.39 is 0 Å². The maximum absolute atomic E-state index is 6.99. The Bertz CT molecular complexity index is 2410. The Hall–Kier alpha value is -5.54. The maximum Gasteiger partial charge on any atom is 0.137 e. The number of benzene rings is 5. The van der Waals surface area contributed by atoms with Crippen molar-refractivity contribution < 1.29 is 9.15 Å². The molecule has 4 aliphatic rings. The molecule has 5 atom stereocenters. The summed E-state index contributed by atoms with van der Waals surface area (Å²) in [4.78, 5) is 0. The Morgan fingerprint density at radius 2 is 1.38 bits per heavy atom. The molecule has 0 saturated carbocycles. The lowest BCUT2D eigenvalue weighted by atomic mass is 9.48. The van der Waals surface area contributed by atoms with Crippen LogP contribution in [0, 0.1) is 11.3 Å². The lowest BCUT2D eigenvalue weighted by molar-refractivity contribution is 0.0251. The third-order valence-corrected chi connectivity index (χ3v) is 11.7. The number of para-hydroxylation sites is 1. The van der Waals surface area contributed by atoms with E-state index in [-0.39, 0.29) is 28.3 Å². The molecule has 0 amide bonds. The van der Waals surface area contributed by atoms with Crippen molar-refractivity contribution in [2.24, 2.45) is 11.3 Å². The fourth-order valence-corrected chi connectivity index (χ4v) is 9.55. The topological polar surface area (TPSA) is 34.4 Å². The quantitative estimate of drug-likeness (QED) is 0.213. The summed E-state index contributed by atoms with van der Waals surface area (Å²) in [6.45, 7) is 4.82. The van der Waals surface area contributed by atoms with E-state index in [0.29, 0.717) is 0 Å². The third kappa shape index (κ3) is 3.48. The molecule has 5 unspecified atom stereocenters. The highest BCUT2D eigenvalue weighted by Crippen LogP contribution is 2.70. The van der Waals surface area contributed by atoms with Crippen LogP contribution in [0.25, 0.3) is 33.1 Å². The minimum absolute atomic E-state index is 0.0896. The van der Waals surface area contributed by atoms with Crippen LogP contribution in [0.2, 0.25) is 0 Å². The Morgan fingerprint density at radius 1 is 0.625 bits per heavy atom. The Kier molecular flexibility index (Phi) is 5.59. The minimum Gasteiger partial charge on any atom is -0.485 e. The van der Waals surface area contributed by atoms with Crippen molar-refractivity contribution >= 4 is 33.3 Å². The molecule has 0 fully saturated rings. The Morgan fingerprint density at radius 3 is 2.27 bits per heavy atom. The number of furan rings is 1. The zero-order valence-electron chi connectivity index (χ0n) is 27.0. The summed E-state index contributed by atoms with van der Waals surface area (Å²) in [5, 5.41) is 5.87. The van der Waals surface area contributed by atoms with Gasteiger partial charge in [0.2, 0.25) is 0 Å².